The molecule has 1 aromatic heterocycles. The standard InChI is InChI=1S/C13H13BrN2/c14-12-6-4-11(5-7-12)8-10-16-13-3-1-2-9-15-13/h1-7,9H,8,10H2,(H,15,16). The molecule has 0 aliphatic heterocycles. The fraction of sp³-hybridized carbons (Fsp3) is 0.154. The topological polar surface area (TPSA) is 24.9 Å². The van der Waals surface area contributed by atoms with Gasteiger partial charge in [0.2, 0.25) is 0 Å². The van der Waals surface area contributed by atoms with Crippen LogP contribution in [0.2, 0.25) is 0 Å². The van der Waals surface area contributed by atoms with Gasteiger partial charge in [-0.05, 0) is 36.2 Å². The lowest BCUT2D eigenvalue weighted by Gasteiger charge is -2.05. The Balaban J connectivity index is 1.82. The van der Waals surface area contributed by atoms with Gasteiger partial charge in [0.05, 0.1) is 0 Å². The molecule has 2 nitrogen and oxygen atoms in total. The number of hydrogen-bond acceptors (Lipinski definition) is 2. The van der Waals surface area contributed by atoms with Crippen LogP contribution in [0.25, 0.3) is 0 Å². The molecule has 2 aromatic rings. The number of nitrogens with one attached hydrogen (secondary N) is 1. The van der Waals surface area contributed by atoms with Gasteiger partial charge in [0, 0.05) is 17.2 Å². The Morgan fingerprint density at radius 2 is 1.88 bits per heavy atom. The van der Waals surface area contributed by atoms with Crippen LogP contribution in [0.5, 0.6) is 0 Å². The normalized spacial score (nSPS) is 10.1. The average molecular weight is 277 g/mol. The van der Waals surface area contributed by atoms with Crippen molar-refractivity contribution in [3.63, 3.8) is 0 Å². The molecule has 2 rings (SSSR count). The fourth-order valence-electron chi connectivity index (χ4n) is 1.45. The second-order valence-corrected chi connectivity index (χ2v) is 4.43. The third-order valence-corrected chi connectivity index (χ3v) is 2.83. The molecule has 0 aliphatic carbocycles. The predicted octanol–water partition coefficient (Wildman–Crippen LogP) is 3.50. The second kappa shape index (κ2) is 5.66. The Labute approximate surface area is 104 Å². The van der Waals surface area contributed by atoms with E-state index in [4.69, 9.17) is 0 Å². The zero-order valence-corrected chi connectivity index (χ0v) is 10.4. The minimum absolute atomic E-state index is 0.901. The first-order valence-electron chi connectivity index (χ1n) is 5.24. The highest BCUT2D eigenvalue weighted by Crippen LogP contribution is 2.11. The lowest BCUT2D eigenvalue weighted by molar-refractivity contribution is 1.01. The van der Waals surface area contributed by atoms with Crippen LogP contribution in [-0.2, 0) is 6.42 Å². The Morgan fingerprint density at radius 3 is 2.56 bits per heavy atom. The molecule has 0 saturated carbocycles. The van der Waals surface area contributed by atoms with E-state index in [2.05, 4.69) is 50.5 Å². The molecule has 0 bridgehead atoms. The van der Waals surface area contributed by atoms with Gasteiger partial charge in [-0.15, -0.1) is 0 Å². The molecule has 1 aromatic carbocycles. The summed E-state index contributed by atoms with van der Waals surface area (Å²) in [6.45, 7) is 0.901. The van der Waals surface area contributed by atoms with E-state index in [-0.39, 0.29) is 0 Å². The van der Waals surface area contributed by atoms with E-state index in [9.17, 15) is 0 Å². The molecule has 0 spiro atoms. The first kappa shape index (κ1) is 11.1. The van der Waals surface area contributed by atoms with E-state index in [1.807, 2.05) is 18.2 Å². The highest BCUT2D eigenvalue weighted by atomic mass is 79.9. The van der Waals surface area contributed by atoms with Crippen LogP contribution in [0, 0.1) is 0 Å². The van der Waals surface area contributed by atoms with Crippen molar-refractivity contribution in [2.45, 2.75) is 6.42 Å². The van der Waals surface area contributed by atoms with Gasteiger partial charge in [-0.25, -0.2) is 4.98 Å². The molecular weight excluding hydrogens is 264 g/mol. The molecule has 0 aliphatic rings. The van der Waals surface area contributed by atoms with Crippen LogP contribution >= 0.6 is 15.9 Å². The largest absolute Gasteiger partial charge is 0.370 e. The molecule has 0 radical (unpaired) electrons. The molecule has 0 atom stereocenters. The number of nitrogens with zero attached hydrogens (tertiary/aromatic N) is 1. The van der Waals surface area contributed by atoms with E-state index in [1.54, 1.807) is 6.20 Å². The van der Waals surface area contributed by atoms with Gasteiger partial charge in [0.25, 0.3) is 0 Å². The highest BCUT2D eigenvalue weighted by Gasteiger charge is 1.94. The van der Waals surface area contributed by atoms with Crippen molar-refractivity contribution in [3.8, 4) is 0 Å². The molecule has 0 amide bonds. The van der Waals surface area contributed by atoms with Crippen LogP contribution in [0.4, 0.5) is 5.82 Å². The Kier molecular flexibility index (Phi) is 3.94. The van der Waals surface area contributed by atoms with Crippen molar-refractivity contribution in [2.24, 2.45) is 0 Å². The average Bonchev–Trinajstić information content (AvgIpc) is 2.33. The third-order valence-electron chi connectivity index (χ3n) is 2.30. The van der Waals surface area contributed by atoms with E-state index in [0.29, 0.717) is 0 Å². The van der Waals surface area contributed by atoms with Gasteiger partial charge < -0.3 is 5.32 Å². The smallest absolute Gasteiger partial charge is 0.125 e. The maximum atomic E-state index is 4.21. The summed E-state index contributed by atoms with van der Waals surface area (Å²) < 4.78 is 1.12. The number of hydrogen-bond donors (Lipinski definition) is 1. The lowest BCUT2D eigenvalue weighted by Crippen LogP contribution is -2.05. The molecular formula is C13H13BrN2. The van der Waals surface area contributed by atoms with Crippen molar-refractivity contribution in [1.29, 1.82) is 0 Å². The van der Waals surface area contributed by atoms with Crippen LogP contribution in [0.3, 0.4) is 0 Å². The van der Waals surface area contributed by atoms with E-state index in [0.717, 1.165) is 23.3 Å². The molecule has 3 heteroatoms. The maximum Gasteiger partial charge on any atom is 0.125 e. The van der Waals surface area contributed by atoms with Gasteiger partial charge >= 0.3 is 0 Å². The van der Waals surface area contributed by atoms with Crippen LogP contribution < -0.4 is 5.32 Å². The van der Waals surface area contributed by atoms with Gasteiger partial charge in [-0.2, -0.15) is 0 Å². The van der Waals surface area contributed by atoms with Crippen LogP contribution in [0.15, 0.2) is 53.1 Å². The Morgan fingerprint density at radius 1 is 1.06 bits per heavy atom. The van der Waals surface area contributed by atoms with Gasteiger partial charge in [-0.3, -0.25) is 0 Å². The Bertz CT molecular complexity index is 425. The van der Waals surface area contributed by atoms with Crippen molar-refractivity contribution in [2.75, 3.05) is 11.9 Å². The molecule has 0 saturated heterocycles. The molecule has 16 heavy (non-hydrogen) atoms. The van der Waals surface area contributed by atoms with E-state index < -0.39 is 0 Å². The Hall–Kier alpha value is -1.35. The maximum absolute atomic E-state index is 4.21. The zero-order valence-electron chi connectivity index (χ0n) is 8.86. The highest BCUT2D eigenvalue weighted by molar-refractivity contribution is 9.10. The summed E-state index contributed by atoms with van der Waals surface area (Å²) in [5, 5.41) is 3.28. The number of pyridine rings is 1. The minimum Gasteiger partial charge on any atom is -0.370 e. The number of rotatable bonds is 4. The van der Waals surface area contributed by atoms with Crippen molar-refractivity contribution in [3.05, 3.63) is 58.7 Å². The number of benzene rings is 1. The van der Waals surface area contributed by atoms with E-state index in [1.165, 1.54) is 5.56 Å². The fourth-order valence-corrected chi connectivity index (χ4v) is 1.72. The van der Waals surface area contributed by atoms with Crippen molar-refractivity contribution in [1.82, 2.24) is 4.98 Å². The lowest BCUT2D eigenvalue weighted by atomic mass is 10.1. The molecule has 0 fully saturated rings. The predicted molar refractivity (Wildman–Crippen MR) is 70.6 cm³/mol. The van der Waals surface area contributed by atoms with E-state index >= 15 is 0 Å². The number of halogens is 1. The summed E-state index contributed by atoms with van der Waals surface area (Å²) in [5.41, 5.74) is 1.33. The van der Waals surface area contributed by atoms with Crippen molar-refractivity contribution >= 4 is 21.7 Å². The first-order valence-corrected chi connectivity index (χ1v) is 6.03. The minimum atomic E-state index is 0.901. The monoisotopic (exact) mass is 276 g/mol. The molecule has 0 unspecified atom stereocenters. The summed E-state index contributed by atoms with van der Waals surface area (Å²) >= 11 is 3.42. The summed E-state index contributed by atoms with van der Waals surface area (Å²) in [7, 11) is 0. The van der Waals surface area contributed by atoms with Crippen LogP contribution in [-0.4, -0.2) is 11.5 Å². The SMILES string of the molecule is Brc1ccc(CCNc2ccccn2)cc1. The number of aromatic nitrogens is 1. The summed E-state index contributed by atoms with van der Waals surface area (Å²) in [4.78, 5) is 4.21. The third kappa shape index (κ3) is 3.35. The zero-order chi connectivity index (χ0) is 11.2. The van der Waals surface area contributed by atoms with Crippen molar-refractivity contribution < 1.29 is 0 Å². The molecule has 1 heterocycles. The summed E-state index contributed by atoms with van der Waals surface area (Å²) in [6, 6.07) is 14.3. The van der Waals surface area contributed by atoms with Gasteiger partial charge in [0.1, 0.15) is 5.82 Å². The van der Waals surface area contributed by atoms with Crippen LogP contribution in [0.1, 0.15) is 5.56 Å². The quantitative estimate of drug-likeness (QED) is 0.925. The van der Waals surface area contributed by atoms with Gasteiger partial charge in [0.15, 0.2) is 0 Å². The van der Waals surface area contributed by atoms with Gasteiger partial charge in [-0.1, -0.05) is 34.1 Å². The molecule has 1 N–H and O–H groups in total. The second-order valence-electron chi connectivity index (χ2n) is 3.52. The summed E-state index contributed by atoms with van der Waals surface area (Å²) in [5.74, 6) is 0.930. The summed E-state index contributed by atoms with van der Waals surface area (Å²) in [6.07, 6.45) is 2.80. The first-order chi connectivity index (χ1) is 7.84. The molecule has 82 valence electrons. The number of anilines is 1.